The van der Waals surface area contributed by atoms with Crippen LogP contribution in [-0.4, -0.2) is 22.8 Å². The highest BCUT2D eigenvalue weighted by Crippen LogP contribution is 2.35. The summed E-state index contributed by atoms with van der Waals surface area (Å²) in [4.78, 5) is 38.8. The van der Waals surface area contributed by atoms with Crippen molar-refractivity contribution in [2.75, 3.05) is 15.5 Å². The zero-order chi connectivity index (χ0) is 23.7. The van der Waals surface area contributed by atoms with E-state index in [1.165, 1.54) is 42.5 Å². The fraction of sp³-hybridized carbons (Fsp3) is 0. The predicted octanol–water partition coefficient (Wildman–Crippen LogP) is 5.39. The molecule has 0 unspecified atom stereocenters. The van der Waals surface area contributed by atoms with Crippen LogP contribution in [0.25, 0.3) is 0 Å². The topological polar surface area (TPSA) is 98.7 Å². The van der Waals surface area contributed by atoms with Crippen LogP contribution in [-0.2, 0) is 9.59 Å². The first-order valence-electron chi connectivity index (χ1n) is 9.45. The van der Waals surface area contributed by atoms with Crippen molar-refractivity contribution in [3.8, 4) is 5.75 Å². The number of hydrogen-bond donors (Lipinski definition) is 3. The normalized spacial score (nSPS) is 13.5. The molecule has 0 spiro atoms. The van der Waals surface area contributed by atoms with E-state index in [0.717, 1.165) is 4.90 Å². The molecule has 3 N–H and O–H groups in total. The number of nitrogens with zero attached hydrogens (tertiary/aromatic N) is 1. The maximum Gasteiger partial charge on any atom is 0.283 e. The Kier molecular flexibility index (Phi) is 6.29. The van der Waals surface area contributed by atoms with Crippen LogP contribution >= 0.6 is 34.8 Å². The standard InChI is InChI=1S/C23H14Cl3N3O4/c24-13-6-9-17(25)18(10-13)29-22(32)19(26)20(23(29)33)27-14-7-4-12(5-8-14)21(31)28-15-2-1-3-16(30)11-15/h1-11,27,30H,(H,28,31). The summed E-state index contributed by atoms with van der Waals surface area (Å²) in [7, 11) is 0. The van der Waals surface area contributed by atoms with Crippen LogP contribution in [0.3, 0.4) is 0 Å². The van der Waals surface area contributed by atoms with Crippen LogP contribution in [0, 0.1) is 0 Å². The van der Waals surface area contributed by atoms with Crippen LogP contribution in [0.1, 0.15) is 10.4 Å². The van der Waals surface area contributed by atoms with Crippen molar-refractivity contribution >= 4 is 69.6 Å². The summed E-state index contributed by atoms with van der Waals surface area (Å²) < 4.78 is 0. The fourth-order valence-electron chi connectivity index (χ4n) is 3.12. The molecule has 0 saturated carbocycles. The number of anilines is 3. The molecule has 0 fully saturated rings. The number of nitrogens with one attached hydrogen (secondary N) is 2. The summed E-state index contributed by atoms with van der Waals surface area (Å²) in [6.07, 6.45) is 0. The molecular formula is C23H14Cl3N3O4. The second kappa shape index (κ2) is 9.15. The van der Waals surface area contributed by atoms with Crippen LogP contribution in [0.15, 0.2) is 77.5 Å². The van der Waals surface area contributed by atoms with E-state index in [2.05, 4.69) is 10.6 Å². The number of benzene rings is 3. The molecular weight excluding hydrogens is 489 g/mol. The van der Waals surface area contributed by atoms with Crippen LogP contribution in [0.5, 0.6) is 5.75 Å². The second-order valence-electron chi connectivity index (χ2n) is 6.94. The van der Waals surface area contributed by atoms with Gasteiger partial charge >= 0.3 is 0 Å². The summed E-state index contributed by atoms with van der Waals surface area (Å²) in [6, 6.07) is 16.7. The summed E-state index contributed by atoms with van der Waals surface area (Å²) in [5, 5.41) is 15.2. The molecule has 7 nitrogen and oxygen atoms in total. The number of halogens is 3. The largest absolute Gasteiger partial charge is 0.508 e. The summed E-state index contributed by atoms with van der Waals surface area (Å²) in [5.41, 5.74) is 1.19. The molecule has 4 rings (SSSR count). The Bertz CT molecular complexity index is 1320. The Balaban J connectivity index is 1.50. The van der Waals surface area contributed by atoms with Gasteiger partial charge in [0.1, 0.15) is 16.5 Å². The van der Waals surface area contributed by atoms with Crippen molar-refractivity contribution in [2.24, 2.45) is 0 Å². The van der Waals surface area contributed by atoms with Gasteiger partial charge < -0.3 is 15.7 Å². The molecule has 166 valence electrons. The fourth-order valence-corrected chi connectivity index (χ4v) is 3.70. The molecule has 0 atom stereocenters. The second-order valence-corrected chi connectivity index (χ2v) is 8.16. The van der Waals surface area contributed by atoms with Crippen molar-refractivity contribution in [3.05, 3.63) is 93.1 Å². The number of phenolic OH excluding ortho intramolecular Hbond substituents is 1. The first kappa shape index (κ1) is 22.7. The lowest BCUT2D eigenvalue weighted by atomic mass is 10.2. The van der Waals surface area contributed by atoms with Crippen LogP contribution in [0.4, 0.5) is 17.1 Å². The van der Waals surface area contributed by atoms with E-state index in [4.69, 9.17) is 34.8 Å². The van der Waals surface area contributed by atoms with Crippen molar-refractivity contribution in [3.63, 3.8) is 0 Å². The van der Waals surface area contributed by atoms with Gasteiger partial charge in [0.2, 0.25) is 0 Å². The number of amides is 3. The lowest BCUT2D eigenvalue weighted by Crippen LogP contribution is -2.32. The first-order chi connectivity index (χ1) is 15.7. The van der Waals surface area contributed by atoms with Crippen molar-refractivity contribution in [1.29, 1.82) is 0 Å². The third-order valence-electron chi connectivity index (χ3n) is 4.70. The monoisotopic (exact) mass is 501 g/mol. The van der Waals surface area contributed by atoms with Gasteiger partial charge in [-0.3, -0.25) is 14.4 Å². The molecule has 3 aromatic rings. The van der Waals surface area contributed by atoms with Crippen LogP contribution < -0.4 is 15.5 Å². The lowest BCUT2D eigenvalue weighted by Gasteiger charge is -2.17. The minimum atomic E-state index is -0.740. The molecule has 0 radical (unpaired) electrons. The minimum absolute atomic E-state index is 0.0291. The average molecular weight is 503 g/mol. The van der Waals surface area contributed by atoms with Gasteiger partial charge in [-0.1, -0.05) is 40.9 Å². The van der Waals surface area contributed by atoms with Gasteiger partial charge in [-0.2, -0.15) is 0 Å². The molecule has 0 aliphatic carbocycles. The third-order valence-corrected chi connectivity index (χ3v) is 5.60. The van der Waals surface area contributed by atoms with Gasteiger partial charge in [0.25, 0.3) is 17.7 Å². The molecule has 10 heteroatoms. The molecule has 1 aliphatic heterocycles. The summed E-state index contributed by atoms with van der Waals surface area (Å²) >= 11 is 18.3. The van der Waals surface area contributed by atoms with E-state index < -0.39 is 17.7 Å². The Labute approximate surface area is 203 Å². The van der Waals surface area contributed by atoms with Crippen molar-refractivity contribution < 1.29 is 19.5 Å². The molecule has 0 aromatic heterocycles. The predicted molar refractivity (Wildman–Crippen MR) is 128 cm³/mol. The van der Waals surface area contributed by atoms with Gasteiger partial charge in [-0.25, -0.2) is 4.90 Å². The Morgan fingerprint density at radius 3 is 2.27 bits per heavy atom. The number of imide groups is 1. The number of aromatic hydroxyl groups is 1. The number of rotatable bonds is 5. The average Bonchev–Trinajstić information content (AvgIpc) is 2.99. The zero-order valence-electron chi connectivity index (χ0n) is 16.6. The molecule has 33 heavy (non-hydrogen) atoms. The SMILES string of the molecule is O=C(Nc1cccc(O)c1)c1ccc(NC2=C(Cl)C(=O)N(c3cc(Cl)ccc3Cl)C2=O)cc1. The van der Waals surface area contributed by atoms with Gasteiger partial charge in [-0.05, 0) is 54.6 Å². The van der Waals surface area contributed by atoms with Gasteiger partial charge in [-0.15, -0.1) is 0 Å². The van der Waals surface area contributed by atoms with Crippen LogP contribution in [0.2, 0.25) is 10.0 Å². The maximum atomic E-state index is 12.9. The Morgan fingerprint density at radius 2 is 1.58 bits per heavy atom. The number of phenols is 1. The number of hydrogen-bond acceptors (Lipinski definition) is 5. The van der Waals surface area contributed by atoms with Gasteiger partial charge in [0, 0.05) is 28.0 Å². The highest BCUT2D eigenvalue weighted by Gasteiger charge is 2.40. The molecule has 0 saturated heterocycles. The summed E-state index contributed by atoms with van der Waals surface area (Å²) in [5.74, 6) is -1.80. The number of carbonyl (C=O) groups excluding carboxylic acids is 3. The van der Waals surface area contributed by atoms with E-state index in [9.17, 15) is 19.5 Å². The molecule has 1 aliphatic rings. The van der Waals surface area contributed by atoms with E-state index >= 15 is 0 Å². The first-order valence-corrected chi connectivity index (χ1v) is 10.6. The highest BCUT2D eigenvalue weighted by molar-refractivity contribution is 6.54. The third kappa shape index (κ3) is 4.66. The Hall–Kier alpha value is -3.52. The quantitative estimate of drug-likeness (QED) is 0.407. The zero-order valence-corrected chi connectivity index (χ0v) is 18.9. The van der Waals surface area contributed by atoms with Gasteiger partial charge in [0.15, 0.2) is 0 Å². The van der Waals surface area contributed by atoms with E-state index in [1.807, 2.05) is 0 Å². The molecule has 1 heterocycles. The molecule has 3 amide bonds. The van der Waals surface area contributed by atoms with E-state index in [-0.39, 0.29) is 27.2 Å². The smallest absolute Gasteiger partial charge is 0.283 e. The van der Waals surface area contributed by atoms with Crippen molar-refractivity contribution in [1.82, 2.24) is 0 Å². The highest BCUT2D eigenvalue weighted by atomic mass is 35.5. The van der Waals surface area contributed by atoms with E-state index in [0.29, 0.717) is 22.0 Å². The molecule has 3 aromatic carbocycles. The van der Waals surface area contributed by atoms with Crippen molar-refractivity contribution in [2.45, 2.75) is 0 Å². The lowest BCUT2D eigenvalue weighted by molar-refractivity contribution is -0.120. The summed E-state index contributed by atoms with van der Waals surface area (Å²) in [6.45, 7) is 0. The maximum absolute atomic E-state index is 12.9. The minimum Gasteiger partial charge on any atom is -0.508 e. The number of carbonyl (C=O) groups is 3. The Morgan fingerprint density at radius 1 is 0.848 bits per heavy atom. The van der Waals surface area contributed by atoms with E-state index in [1.54, 1.807) is 24.3 Å². The molecule has 0 bridgehead atoms. The van der Waals surface area contributed by atoms with Gasteiger partial charge in [0.05, 0.1) is 10.7 Å².